The molecule has 1 saturated heterocycles. The van der Waals surface area contributed by atoms with Crippen molar-refractivity contribution >= 4 is 28.9 Å². The van der Waals surface area contributed by atoms with Gasteiger partial charge in [-0.15, -0.1) is 0 Å². The summed E-state index contributed by atoms with van der Waals surface area (Å²) in [6.45, 7) is 4.96. The van der Waals surface area contributed by atoms with Gasteiger partial charge in [-0.2, -0.15) is 0 Å². The minimum atomic E-state index is -0.888. The van der Waals surface area contributed by atoms with Crippen molar-refractivity contribution in [1.29, 1.82) is 0 Å². The number of anilines is 2. The first-order valence-corrected chi connectivity index (χ1v) is 10.5. The second kappa shape index (κ2) is 10.1. The van der Waals surface area contributed by atoms with Crippen molar-refractivity contribution in [3.8, 4) is 0 Å². The molecule has 8 nitrogen and oxygen atoms in total. The van der Waals surface area contributed by atoms with Crippen molar-refractivity contribution in [3.63, 3.8) is 0 Å². The van der Waals surface area contributed by atoms with E-state index in [0.717, 1.165) is 5.69 Å². The second-order valence-electron chi connectivity index (χ2n) is 7.50. The number of benzene rings is 2. The largest absolute Gasteiger partial charge is 0.452 e. The lowest BCUT2D eigenvalue weighted by atomic mass is 9.96. The lowest BCUT2D eigenvalue weighted by Gasteiger charge is -2.33. The molecule has 0 radical (unpaired) electrons. The maximum Gasteiger partial charge on any atom is 0.309 e. The highest BCUT2D eigenvalue weighted by atomic mass is 16.6. The van der Waals surface area contributed by atoms with Gasteiger partial charge in [0.25, 0.3) is 11.6 Å². The van der Waals surface area contributed by atoms with Gasteiger partial charge in [0.15, 0.2) is 6.10 Å². The summed E-state index contributed by atoms with van der Waals surface area (Å²) < 4.78 is 5.50. The van der Waals surface area contributed by atoms with E-state index >= 15 is 0 Å². The van der Waals surface area contributed by atoms with Crippen LogP contribution in [0.25, 0.3) is 0 Å². The number of esters is 1. The van der Waals surface area contributed by atoms with Crippen LogP contribution in [0.4, 0.5) is 17.1 Å². The first-order valence-electron chi connectivity index (χ1n) is 10.5. The molecule has 0 spiro atoms. The van der Waals surface area contributed by atoms with Gasteiger partial charge in [0.2, 0.25) is 0 Å². The van der Waals surface area contributed by atoms with Crippen LogP contribution in [0.3, 0.4) is 0 Å². The number of rotatable bonds is 7. The second-order valence-corrected chi connectivity index (χ2v) is 7.50. The summed E-state index contributed by atoms with van der Waals surface area (Å²) in [5.74, 6) is -0.993. The van der Waals surface area contributed by atoms with Crippen molar-refractivity contribution in [2.24, 2.45) is 5.92 Å². The molecule has 2 aromatic carbocycles. The number of amides is 1. The third kappa shape index (κ3) is 5.20. The Morgan fingerprint density at radius 3 is 2.35 bits per heavy atom. The zero-order valence-electron chi connectivity index (χ0n) is 17.8. The number of hydrogen-bond acceptors (Lipinski definition) is 6. The van der Waals surface area contributed by atoms with E-state index in [-0.39, 0.29) is 17.5 Å². The molecule has 1 aliphatic heterocycles. The molecule has 0 N–H and O–H groups in total. The highest BCUT2D eigenvalue weighted by molar-refractivity contribution is 5.97. The molecule has 1 heterocycles. The van der Waals surface area contributed by atoms with E-state index in [9.17, 15) is 19.7 Å². The Balaban J connectivity index is 1.57. The molecule has 0 aromatic heterocycles. The summed E-state index contributed by atoms with van der Waals surface area (Å²) in [6, 6.07) is 15.9. The normalized spacial score (nSPS) is 15.2. The Labute approximate surface area is 181 Å². The summed E-state index contributed by atoms with van der Waals surface area (Å²) in [4.78, 5) is 39.9. The minimum absolute atomic E-state index is 0.0586. The van der Waals surface area contributed by atoms with Gasteiger partial charge in [-0.1, -0.05) is 30.3 Å². The predicted molar refractivity (Wildman–Crippen MR) is 118 cm³/mol. The Morgan fingerprint density at radius 1 is 1.13 bits per heavy atom. The Morgan fingerprint density at radius 2 is 1.74 bits per heavy atom. The standard InChI is InChI=1S/C23H27N3O5/c1-3-25(19-9-5-4-6-10-19)22(27)17(2)31-23(28)18-13-15-24(16-14-18)20-11-7-8-12-21(20)26(29)30/h4-12,17-18H,3,13-16H2,1-2H3/t17-/m1/s1. The minimum Gasteiger partial charge on any atom is -0.452 e. The van der Waals surface area contributed by atoms with E-state index in [1.54, 1.807) is 30.0 Å². The van der Waals surface area contributed by atoms with Crippen molar-refractivity contribution in [3.05, 3.63) is 64.7 Å². The molecule has 1 aliphatic rings. The fourth-order valence-electron chi connectivity index (χ4n) is 3.86. The van der Waals surface area contributed by atoms with Crippen LogP contribution in [0, 0.1) is 16.0 Å². The van der Waals surface area contributed by atoms with Crippen LogP contribution in [-0.4, -0.2) is 42.5 Å². The molecule has 0 unspecified atom stereocenters. The number of para-hydroxylation sites is 3. The van der Waals surface area contributed by atoms with Gasteiger partial charge >= 0.3 is 5.97 Å². The van der Waals surface area contributed by atoms with Gasteiger partial charge in [0, 0.05) is 31.4 Å². The Hall–Kier alpha value is -3.42. The van der Waals surface area contributed by atoms with Crippen LogP contribution < -0.4 is 9.80 Å². The molecule has 8 heteroatoms. The quantitative estimate of drug-likeness (QED) is 0.381. The summed E-state index contributed by atoms with van der Waals surface area (Å²) >= 11 is 0. The number of nitro groups is 1. The zero-order valence-corrected chi connectivity index (χ0v) is 17.8. The third-order valence-electron chi connectivity index (χ3n) is 5.54. The van der Waals surface area contributed by atoms with Crippen LogP contribution in [0.15, 0.2) is 54.6 Å². The highest BCUT2D eigenvalue weighted by Crippen LogP contribution is 2.31. The van der Waals surface area contributed by atoms with Crippen molar-refractivity contribution in [2.75, 3.05) is 29.4 Å². The van der Waals surface area contributed by atoms with E-state index in [4.69, 9.17) is 4.74 Å². The van der Waals surface area contributed by atoms with Crippen molar-refractivity contribution < 1.29 is 19.2 Å². The van der Waals surface area contributed by atoms with Crippen LogP contribution in [0.5, 0.6) is 0 Å². The molecule has 1 fully saturated rings. The SMILES string of the molecule is CCN(C(=O)[C@@H](C)OC(=O)C1CCN(c2ccccc2[N+](=O)[O-])CC1)c1ccccc1. The monoisotopic (exact) mass is 425 g/mol. The summed E-state index contributed by atoms with van der Waals surface area (Å²) in [6.07, 6.45) is 0.144. The van der Waals surface area contributed by atoms with Gasteiger partial charge in [0.05, 0.1) is 10.8 Å². The van der Waals surface area contributed by atoms with Gasteiger partial charge in [-0.25, -0.2) is 0 Å². The molecular formula is C23H27N3O5. The first kappa shape index (κ1) is 22.3. The van der Waals surface area contributed by atoms with Crippen molar-refractivity contribution in [1.82, 2.24) is 0 Å². The van der Waals surface area contributed by atoms with Gasteiger partial charge in [-0.05, 0) is 44.9 Å². The number of hydrogen-bond donors (Lipinski definition) is 0. The van der Waals surface area contributed by atoms with E-state index in [0.29, 0.717) is 38.2 Å². The van der Waals surface area contributed by atoms with E-state index in [1.165, 1.54) is 6.07 Å². The molecule has 3 rings (SSSR count). The molecule has 164 valence electrons. The maximum absolute atomic E-state index is 12.8. The first-order chi connectivity index (χ1) is 14.9. The van der Waals surface area contributed by atoms with Gasteiger partial charge < -0.3 is 14.5 Å². The lowest BCUT2D eigenvalue weighted by molar-refractivity contribution is -0.384. The molecule has 0 saturated carbocycles. The Bertz CT molecular complexity index is 926. The summed E-state index contributed by atoms with van der Waals surface area (Å²) in [7, 11) is 0. The number of ether oxygens (including phenoxy) is 1. The molecular weight excluding hydrogens is 398 g/mol. The molecule has 0 bridgehead atoms. The molecule has 0 aliphatic carbocycles. The lowest BCUT2D eigenvalue weighted by Crippen LogP contribution is -2.42. The van der Waals surface area contributed by atoms with Crippen molar-refractivity contribution in [2.45, 2.75) is 32.8 Å². The topological polar surface area (TPSA) is 93.0 Å². The molecule has 1 amide bonds. The molecule has 1 atom stereocenters. The van der Waals surface area contributed by atoms with E-state index in [2.05, 4.69) is 0 Å². The van der Waals surface area contributed by atoms with Gasteiger partial charge in [-0.3, -0.25) is 19.7 Å². The zero-order chi connectivity index (χ0) is 22.4. The number of nitrogens with zero attached hydrogens (tertiary/aromatic N) is 3. The molecule has 2 aromatic rings. The maximum atomic E-state index is 12.8. The summed E-state index contributed by atoms with van der Waals surface area (Å²) in [5, 5.41) is 11.3. The average molecular weight is 425 g/mol. The molecule has 31 heavy (non-hydrogen) atoms. The van der Waals surface area contributed by atoms with Crippen LogP contribution in [0.2, 0.25) is 0 Å². The van der Waals surface area contributed by atoms with Crippen LogP contribution in [0.1, 0.15) is 26.7 Å². The average Bonchev–Trinajstić information content (AvgIpc) is 2.80. The third-order valence-corrected chi connectivity index (χ3v) is 5.54. The number of carbonyl (C=O) groups is 2. The number of carbonyl (C=O) groups excluding carboxylic acids is 2. The fraction of sp³-hybridized carbons (Fsp3) is 0.391. The number of nitro benzene ring substituents is 1. The number of piperidine rings is 1. The summed E-state index contributed by atoms with van der Waals surface area (Å²) in [5.41, 5.74) is 1.38. The highest BCUT2D eigenvalue weighted by Gasteiger charge is 2.32. The fourth-order valence-corrected chi connectivity index (χ4v) is 3.86. The van der Waals surface area contributed by atoms with E-state index < -0.39 is 17.0 Å². The van der Waals surface area contributed by atoms with Gasteiger partial charge in [0.1, 0.15) is 5.69 Å². The smallest absolute Gasteiger partial charge is 0.309 e. The Kier molecular flexibility index (Phi) is 7.23. The predicted octanol–water partition coefficient (Wildman–Crippen LogP) is 3.80. The van der Waals surface area contributed by atoms with E-state index in [1.807, 2.05) is 42.2 Å². The van der Waals surface area contributed by atoms with Crippen LogP contribution >= 0.6 is 0 Å². The van der Waals surface area contributed by atoms with Crippen LogP contribution in [-0.2, 0) is 14.3 Å². The number of likely N-dealkylation sites (N-methyl/N-ethyl adjacent to an activating group) is 1.